The highest BCUT2D eigenvalue weighted by Crippen LogP contribution is 2.28. The van der Waals surface area contributed by atoms with Crippen LogP contribution in [0, 0.1) is 0 Å². The van der Waals surface area contributed by atoms with Crippen LogP contribution in [0.4, 0.5) is 5.69 Å². The van der Waals surface area contributed by atoms with Crippen LogP contribution in [-0.4, -0.2) is 32.1 Å². The molecule has 1 saturated heterocycles. The number of morpholine rings is 1. The molecule has 130 valence electrons. The van der Waals surface area contributed by atoms with Crippen molar-refractivity contribution in [3.63, 3.8) is 0 Å². The molecule has 0 saturated carbocycles. The summed E-state index contributed by atoms with van der Waals surface area (Å²) in [6, 6.07) is 25.7. The molecule has 4 rings (SSSR count). The summed E-state index contributed by atoms with van der Waals surface area (Å²) in [4.78, 5) is 15.3. The summed E-state index contributed by atoms with van der Waals surface area (Å²) in [5, 5.41) is 0. The summed E-state index contributed by atoms with van der Waals surface area (Å²) in [5.41, 5.74) is 4.67. The first kappa shape index (κ1) is 16.6. The van der Waals surface area contributed by atoms with Crippen LogP contribution < -0.4 is 4.90 Å². The molecule has 3 aromatic carbocycles. The largest absolute Gasteiger partial charge is 0.378 e. The highest BCUT2D eigenvalue weighted by atomic mass is 16.5. The van der Waals surface area contributed by atoms with Gasteiger partial charge in [-0.1, -0.05) is 66.7 Å². The molecule has 1 aliphatic rings. The second-order valence-corrected chi connectivity index (χ2v) is 6.39. The van der Waals surface area contributed by atoms with Crippen LogP contribution in [0.25, 0.3) is 11.1 Å². The minimum atomic E-state index is 0.0541. The van der Waals surface area contributed by atoms with E-state index in [1.165, 1.54) is 5.69 Å². The molecule has 0 atom stereocenters. The second-order valence-electron chi connectivity index (χ2n) is 6.39. The fourth-order valence-electron chi connectivity index (χ4n) is 3.35. The number of carbonyl (C=O) groups excluding carboxylic acids is 1. The van der Waals surface area contributed by atoms with Gasteiger partial charge in [0.2, 0.25) is 0 Å². The topological polar surface area (TPSA) is 29.5 Å². The highest BCUT2D eigenvalue weighted by Gasteiger charge is 2.15. The van der Waals surface area contributed by atoms with E-state index >= 15 is 0 Å². The van der Waals surface area contributed by atoms with E-state index in [0.717, 1.165) is 43.0 Å². The molecule has 1 heterocycles. The smallest absolute Gasteiger partial charge is 0.193 e. The third-order valence-corrected chi connectivity index (χ3v) is 4.76. The van der Waals surface area contributed by atoms with Gasteiger partial charge < -0.3 is 9.64 Å². The third-order valence-electron chi connectivity index (χ3n) is 4.76. The maximum atomic E-state index is 12.9. The average Bonchev–Trinajstić information content (AvgIpc) is 2.75. The number of carbonyl (C=O) groups is 1. The Morgan fingerprint density at radius 2 is 1.42 bits per heavy atom. The fourth-order valence-corrected chi connectivity index (χ4v) is 3.35. The third kappa shape index (κ3) is 3.39. The monoisotopic (exact) mass is 343 g/mol. The Labute approximate surface area is 153 Å². The summed E-state index contributed by atoms with van der Waals surface area (Å²) in [5.74, 6) is 0.0541. The molecular weight excluding hydrogens is 322 g/mol. The van der Waals surface area contributed by atoms with E-state index in [-0.39, 0.29) is 5.78 Å². The van der Waals surface area contributed by atoms with Crippen LogP contribution in [0.1, 0.15) is 15.9 Å². The summed E-state index contributed by atoms with van der Waals surface area (Å²) in [6.07, 6.45) is 0. The van der Waals surface area contributed by atoms with E-state index in [1.54, 1.807) is 0 Å². The molecule has 3 aromatic rings. The predicted octanol–water partition coefficient (Wildman–Crippen LogP) is 4.42. The summed E-state index contributed by atoms with van der Waals surface area (Å²) >= 11 is 0. The maximum absolute atomic E-state index is 12.9. The Balaban J connectivity index is 1.65. The maximum Gasteiger partial charge on any atom is 0.193 e. The van der Waals surface area contributed by atoms with Crippen molar-refractivity contribution in [3.8, 4) is 11.1 Å². The summed E-state index contributed by atoms with van der Waals surface area (Å²) in [6.45, 7) is 3.39. The van der Waals surface area contributed by atoms with Crippen molar-refractivity contribution in [2.75, 3.05) is 31.2 Å². The lowest BCUT2D eigenvalue weighted by atomic mass is 9.94. The normalized spacial score (nSPS) is 14.2. The lowest BCUT2D eigenvalue weighted by Crippen LogP contribution is -2.36. The van der Waals surface area contributed by atoms with E-state index in [2.05, 4.69) is 29.2 Å². The first-order valence-corrected chi connectivity index (χ1v) is 8.95. The standard InChI is InChI=1S/C23H21NO2/c25-23(19-6-2-1-3-7-19)22-9-5-4-8-21(22)18-10-12-20(13-11-18)24-14-16-26-17-15-24/h1-13H,14-17H2. The Morgan fingerprint density at radius 1 is 0.769 bits per heavy atom. The van der Waals surface area contributed by atoms with Crippen LogP contribution in [0.15, 0.2) is 78.9 Å². The number of hydrogen-bond donors (Lipinski definition) is 0. The fraction of sp³-hybridized carbons (Fsp3) is 0.174. The Bertz CT molecular complexity index is 882. The number of ether oxygens (including phenoxy) is 1. The van der Waals surface area contributed by atoms with Crippen LogP contribution in [0.5, 0.6) is 0 Å². The van der Waals surface area contributed by atoms with Crippen molar-refractivity contribution in [3.05, 3.63) is 90.0 Å². The average molecular weight is 343 g/mol. The minimum Gasteiger partial charge on any atom is -0.378 e. The molecule has 0 amide bonds. The van der Waals surface area contributed by atoms with Gasteiger partial charge in [0.15, 0.2) is 5.78 Å². The zero-order valence-corrected chi connectivity index (χ0v) is 14.6. The van der Waals surface area contributed by atoms with Gasteiger partial charge in [-0.05, 0) is 23.3 Å². The van der Waals surface area contributed by atoms with Crippen molar-refractivity contribution in [1.29, 1.82) is 0 Å². The molecule has 0 radical (unpaired) electrons. The van der Waals surface area contributed by atoms with Crippen molar-refractivity contribution in [2.45, 2.75) is 0 Å². The van der Waals surface area contributed by atoms with Gasteiger partial charge in [0.1, 0.15) is 0 Å². The SMILES string of the molecule is O=C(c1ccccc1)c1ccccc1-c1ccc(N2CCOCC2)cc1. The molecule has 0 aliphatic carbocycles. The highest BCUT2D eigenvalue weighted by molar-refractivity contribution is 6.12. The van der Waals surface area contributed by atoms with Crippen molar-refractivity contribution in [1.82, 2.24) is 0 Å². The van der Waals surface area contributed by atoms with E-state index < -0.39 is 0 Å². The van der Waals surface area contributed by atoms with Crippen LogP contribution in [-0.2, 0) is 4.74 Å². The summed E-state index contributed by atoms with van der Waals surface area (Å²) < 4.78 is 5.42. The quantitative estimate of drug-likeness (QED) is 0.657. The minimum absolute atomic E-state index is 0.0541. The molecular formula is C23H21NO2. The molecule has 0 unspecified atom stereocenters. The number of anilines is 1. The molecule has 1 fully saturated rings. The zero-order valence-electron chi connectivity index (χ0n) is 14.6. The van der Waals surface area contributed by atoms with Crippen molar-refractivity contribution >= 4 is 11.5 Å². The van der Waals surface area contributed by atoms with Gasteiger partial charge in [-0.2, -0.15) is 0 Å². The van der Waals surface area contributed by atoms with Gasteiger partial charge >= 0.3 is 0 Å². The summed E-state index contributed by atoms with van der Waals surface area (Å²) in [7, 11) is 0. The van der Waals surface area contributed by atoms with Gasteiger partial charge in [-0.3, -0.25) is 4.79 Å². The van der Waals surface area contributed by atoms with E-state index in [0.29, 0.717) is 5.56 Å². The van der Waals surface area contributed by atoms with Gasteiger partial charge in [0.05, 0.1) is 13.2 Å². The Morgan fingerprint density at radius 3 is 2.15 bits per heavy atom. The molecule has 26 heavy (non-hydrogen) atoms. The van der Waals surface area contributed by atoms with E-state index in [1.807, 2.05) is 54.6 Å². The van der Waals surface area contributed by atoms with Crippen LogP contribution >= 0.6 is 0 Å². The van der Waals surface area contributed by atoms with Crippen molar-refractivity contribution < 1.29 is 9.53 Å². The second kappa shape index (κ2) is 7.54. The first-order chi connectivity index (χ1) is 12.8. The van der Waals surface area contributed by atoms with Crippen LogP contribution in [0.3, 0.4) is 0 Å². The molecule has 1 aliphatic heterocycles. The molecule has 3 nitrogen and oxygen atoms in total. The lowest BCUT2D eigenvalue weighted by molar-refractivity contribution is 0.103. The number of rotatable bonds is 4. The number of hydrogen-bond acceptors (Lipinski definition) is 3. The van der Waals surface area contributed by atoms with E-state index in [4.69, 9.17) is 4.74 Å². The number of nitrogens with zero attached hydrogens (tertiary/aromatic N) is 1. The van der Waals surface area contributed by atoms with Gasteiger partial charge in [0.25, 0.3) is 0 Å². The molecule has 0 spiro atoms. The molecule has 3 heteroatoms. The number of benzene rings is 3. The van der Waals surface area contributed by atoms with Crippen LogP contribution in [0.2, 0.25) is 0 Å². The Kier molecular flexibility index (Phi) is 4.80. The molecule has 0 N–H and O–H groups in total. The van der Waals surface area contributed by atoms with E-state index in [9.17, 15) is 4.79 Å². The van der Waals surface area contributed by atoms with Gasteiger partial charge in [0, 0.05) is 29.9 Å². The van der Waals surface area contributed by atoms with Gasteiger partial charge in [-0.25, -0.2) is 0 Å². The number of ketones is 1. The van der Waals surface area contributed by atoms with Crippen molar-refractivity contribution in [2.24, 2.45) is 0 Å². The molecule has 0 bridgehead atoms. The molecule has 0 aromatic heterocycles. The van der Waals surface area contributed by atoms with Gasteiger partial charge in [-0.15, -0.1) is 0 Å². The lowest BCUT2D eigenvalue weighted by Gasteiger charge is -2.29. The first-order valence-electron chi connectivity index (χ1n) is 8.95. The predicted molar refractivity (Wildman–Crippen MR) is 105 cm³/mol. The Hall–Kier alpha value is -2.91. The zero-order chi connectivity index (χ0) is 17.8.